The first kappa shape index (κ1) is 14.9. The van der Waals surface area contributed by atoms with Gasteiger partial charge < -0.3 is 4.74 Å². The topological polar surface area (TPSA) is 91.4 Å². The van der Waals surface area contributed by atoms with Crippen LogP contribution in [0.15, 0.2) is 16.9 Å². The van der Waals surface area contributed by atoms with Crippen LogP contribution in [0.4, 0.5) is 5.69 Å². The normalized spacial score (nSPS) is 11.9. The smallest absolute Gasteiger partial charge is 0.334 e. The molecule has 0 saturated heterocycles. The van der Waals surface area contributed by atoms with E-state index in [0.29, 0.717) is 12.1 Å². The molecule has 0 saturated carbocycles. The van der Waals surface area contributed by atoms with E-state index in [9.17, 15) is 19.7 Å². The molecule has 7 nitrogen and oxygen atoms in total. The van der Waals surface area contributed by atoms with Gasteiger partial charge in [0.15, 0.2) is 0 Å². The molecular formula is C12H16N2O5. The number of hydrogen-bond donors (Lipinski definition) is 0. The fourth-order valence-corrected chi connectivity index (χ4v) is 1.47. The lowest BCUT2D eigenvalue weighted by Crippen LogP contribution is -2.29. The van der Waals surface area contributed by atoms with Gasteiger partial charge >= 0.3 is 17.2 Å². The Morgan fingerprint density at radius 1 is 1.53 bits per heavy atom. The van der Waals surface area contributed by atoms with Crippen molar-refractivity contribution in [2.75, 3.05) is 0 Å². The van der Waals surface area contributed by atoms with Crippen molar-refractivity contribution in [2.24, 2.45) is 0 Å². The van der Waals surface area contributed by atoms with E-state index in [1.165, 1.54) is 6.07 Å². The van der Waals surface area contributed by atoms with E-state index in [4.69, 9.17) is 4.74 Å². The molecule has 0 bridgehead atoms. The number of esters is 1. The molecule has 0 radical (unpaired) electrons. The van der Waals surface area contributed by atoms with Gasteiger partial charge in [-0.1, -0.05) is 6.92 Å². The van der Waals surface area contributed by atoms with Gasteiger partial charge in [0.1, 0.15) is 6.54 Å². The van der Waals surface area contributed by atoms with Crippen LogP contribution in [-0.2, 0) is 16.1 Å². The highest BCUT2D eigenvalue weighted by molar-refractivity contribution is 5.69. The lowest BCUT2D eigenvalue weighted by Gasteiger charge is -2.13. The first-order valence-corrected chi connectivity index (χ1v) is 5.91. The average Bonchev–Trinajstić information content (AvgIpc) is 2.33. The standard InChI is InChI=1S/C12H16N2O5/c1-4-9(3)19-11(15)7-13-8(2)5-6-10(12(13)16)14(17)18/h5-6,9H,4,7H2,1-3H3. The molecule has 1 aromatic rings. The monoisotopic (exact) mass is 268 g/mol. The number of nitro groups is 1. The SMILES string of the molecule is CCC(C)OC(=O)Cn1c(C)ccc([N+](=O)[O-])c1=O. The lowest BCUT2D eigenvalue weighted by molar-refractivity contribution is -0.386. The summed E-state index contributed by atoms with van der Waals surface area (Å²) in [5.74, 6) is -0.583. The molecule has 0 fully saturated rings. The molecule has 0 aliphatic heterocycles. The lowest BCUT2D eigenvalue weighted by atomic mass is 10.3. The van der Waals surface area contributed by atoms with E-state index < -0.39 is 22.1 Å². The zero-order valence-electron chi connectivity index (χ0n) is 11.1. The third-order valence-corrected chi connectivity index (χ3v) is 2.76. The van der Waals surface area contributed by atoms with Crippen molar-refractivity contribution < 1.29 is 14.5 Å². The Hall–Kier alpha value is -2.18. The van der Waals surface area contributed by atoms with Gasteiger partial charge in [0, 0.05) is 11.8 Å². The number of pyridine rings is 1. The van der Waals surface area contributed by atoms with Crippen LogP contribution < -0.4 is 5.56 Å². The van der Waals surface area contributed by atoms with Crippen LogP contribution in [0.5, 0.6) is 0 Å². The fraction of sp³-hybridized carbons (Fsp3) is 0.500. The van der Waals surface area contributed by atoms with Crippen molar-refractivity contribution in [1.82, 2.24) is 4.57 Å². The van der Waals surface area contributed by atoms with Crippen molar-refractivity contribution in [3.8, 4) is 0 Å². The molecule has 0 aliphatic carbocycles. The molecule has 7 heteroatoms. The minimum absolute atomic E-state index is 0.248. The highest BCUT2D eigenvalue weighted by Crippen LogP contribution is 2.06. The zero-order chi connectivity index (χ0) is 14.6. The molecule has 0 N–H and O–H groups in total. The predicted molar refractivity (Wildman–Crippen MR) is 67.9 cm³/mol. The Morgan fingerprint density at radius 2 is 2.16 bits per heavy atom. The Bertz CT molecular complexity index is 550. The Kier molecular flexibility index (Phi) is 4.80. The first-order valence-electron chi connectivity index (χ1n) is 5.91. The van der Waals surface area contributed by atoms with E-state index >= 15 is 0 Å². The molecule has 104 valence electrons. The second-order valence-corrected chi connectivity index (χ2v) is 4.22. The molecule has 1 rings (SSSR count). The largest absolute Gasteiger partial charge is 0.461 e. The highest BCUT2D eigenvalue weighted by Gasteiger charge is 2.18. The van der Waals surface area contributed by atoms with Crippen molar-refractivity contribution in [3.05, 3.63) is 38.3 Å². The second-order valence-electron chi connectivity index (χ2n) is 4.22. The van der Waals surface area contributed by atoms with Crippen LogP contribution in [0.3, 0.4) is 0 Å². The number of ether oxygens (including phenoxy) is 1. The summed E-state index contributed by atoms with van der Waals surface area (Å²) in [5, 5.41) is 10.7. The van der Waals surface area contributed by atoms with Crippen molar-refractivity contribution in [2.45, 2.75) is 39.8 Å². The van der Waals surface area contributed by atoms with Gasteiger partial charge in [-0.25, -0.2) is 0 Å². The maximum atomic E-state index is 11.8. The molecule has 0 spiro atoms. The summed E-state index contributed by atoms with van der Waals surface area (Å²) >= 11 is 0. The molecule has 1 atom stereocenters. The summed E-state index contributed by atoms with van der Waals surface area (Å²) in [6, 6.07) is 2.56. The minimum atomic E-state index is -0.800. The number of aryl methyl sites for hydroxylation is 1. The summed E-state index contributed by atoms with van der Waals surface area (Å²) in [5.41, 5.74) is -0.884. The molecule has 0 aliphatic rings. The van der Waals surface area contributed by atoms with E-state index in [2.05, 4.69) is 0 Å². The van der Waals surface area contributed by atoms with Gasteiger partial charge in [-0.15, -0.1) is 0 Å². The van der Waals surface area contributed by atoms with Crippen molar-refractivity contribution in [3.63, 3.8) is 0 Å². The summed E-state index contributed by atoms with van der Waals surface area (Å²) in [6.45, 7) is 4.88. The summed E-state index contributed by atoms with van der Waals surface area (Å²) in [4.78, 5) is 33.4. The number of hydrogen-bond acceptors (Lipinski definition) is 5. The van der Waals surface area contributed by atoms with Crippen LogP contribution in [0.25, 0.3) is 0 Å². The van der Waals surface area contributed by atoms with Crippen LogP contribution in [0.2, 0.25) is 0 Å². The van der Waals surface area contributed by atoms with Gasteiger partial charge in [-0.3, -0.25) is 24.3 Å². The summed E-state index contributed by atoms with van der Waals surface area (Å²) < 4.78 is 6.09. The van der Waals surface area contributed by atoms with Crippen LogP contribution in [0.1, 0.15) is 26.0 Å². The Balaban J connectivity index is 3.01. The van der Waals surface area contributed by atoms with E-state index in [0.717, 1.165) is 10.6 Å². The van der Waals surface area contributed by atoms with Gasteiger partial charge in [-0.2, -0.15) is 0 Å². The quantitative estimate of drug-likeness (QED) is 0.457. The maximum Gasteiger partial charge on any atom is 0.334 e. The van der Waals surface area contributed by atoms with Crippen LogP contribution >= 0.6 is 0 Å². The number of aromatic nitrogens is 1. The van der Waals surface area contributed by atoms with E-state index in [-0.39, 0.29) is 12.6 Å². The van der Waals surface area contributed by atoms with Gasteiger partial charge in [0.05, 0.1) is 11.0 Å². The van der Waals surface area contributed by atoms with Gasteiger partial charge in [0.25, 0.3) is 0 Å². The first-order chi connectivity index (χ1) is 8.86. The van der Waals surface area contributed by atoms with E-state index in [1.54, 1.807) is 13.8 Å². The second kappa shape index (κ2) is 6.12. The molecule has 0 aromatic carbocycles. The number of carbonyl (C=O) groups is 1. The van der Waals surface area contributed by atoms with Gasteiger partial charge in [-0.05, 0) is 26.3 Å². The predicted octanol–water partition coefficient (Wildman–Crippen LogP) is 1.41. The van der Waals surface area contributed by atoms with Crippen LogP contribution in [0, 0.1) is 17.0 Å². The van der Waals surface area contributed by atoms with Crippen LogP contribution in [-0.4, -0.2) is 21.6 Å². The molecule has 1 aromatic heterocycles. The maximum absolute atomic E-state index is 11.8. The Morgan fingerprint density at radius 3 is 2.68 bits per heavy atom. The van der Waals surface area contributed by atoms with Crippen molar-refractivity contribution >= 4 is 11.7 Å². The molecule has 0 amide bonds. The van der Waals surface area contributed by atoms with E-state index in [1.807, 2.05) is 6.92 Å². The molecular weight excluding hydrogens is 252 g/mol. The van der Waals surface area contributed by atoms with Gasteiger partial charge in [0.2, 0.25) is 0 Å². The fourth-order valence-electron chi connectivity index (χ4n) is 1.47. The molecule has 1 unspecified atom stereocenters. The molecule has 1 heterocycles. The minimum Gasteiger partial charge on any atom is -0.461 e. The highest BCUT2D eigenvalue weighted by atomic mass is 16.6. The van der Waals surface area contributed by atoms with Crippen molar-refractivity contribution in [1.29, 1.82) is 0 Å². The zero-order valence-corrected chi connectivity index (χ0v) is 11.1. The summed E-state index contributed by atoms with van der Waals surface area (Å²) in [7, 11) is 0. The number of rotatable bonds is 5. The average molecular weight is 268 g/mol. The third-order valence-electron chi connectivity index (χ3n) is 2.76. The number of nitrogens with zero attached hydrogens (tertiary/aromatic N) is 2. The summed E-state index contributed by atoms with van der Waals surface area (Å²) in [6.07, 6.45) is 0.413. The number of carbonyl (C=O) groups excluding carboxylic acids is 1. The Labute approximate surface area is 110 Å². The molecule has 19 heavy (non-hydrogen) atoms. The third kappa shape index (κ3) is 3.64.